The maximum Gasteiger partial charge on any atom is 0.0861 e. The summed E-state index contributed by atoms with van der Waals surface area (Å²) in [5.74, 6) is 0. The van der Waals surface area contributed by atoms with Crippen LogP contribution in [0.1, 0.15) is 64.7 Å². The van der Waals surface area contributed by atoms with Gasteiger partial charge >= 0.3 is 0 Å². The zero-order valence-electron chi connectivity index (χ0n) is 10.6. The van der Waals surface area contributed by atoms with Crippen molar-refractivity contribution in [3.8, 4) is 0 Å². The molecule has 0 aromatic carbocycles. The summed E-state index contributed by atoms with van der Waals surface area (Å²) in [7, 11) is 0. The molecule has 0 heterocycles. The van der Waals surface area contributed by atoms with Crippen molar-refractivity contribution in [2.75, 3.05) is 0 Å². The maximum atomic E-state index is 10.4. The summed E-state index contributed by atoms with van der Waals surface area (Å²) in [6.45, 7) is 1.98. The predicted molar refractivity (Wildman–Crippen MR) is 70.5 cm³/mol. The van der Waals surface area contributed by atoms with E-state index in [4.69, 9.17) is 0 Å². The molecule has 0 radical (unpaired) electrons. The van der Waals surface area contributed by atoms with E-state index in [-0.39, 0.29) is 0 Å². The van der Waals surface area contributed by atoms with E-state index >= 15 is 0 Å². The van der Waals surface area contributed by atoms with Gasteiger partial charge in [0.15, 0.2) is 0 Å². The van der Waals surface area contributed by atoms with Gasteiger partial charge in [0.2, 0.25) is 0 Å². The summed E-state index contributed by atoms with van der Waals surface area (Å²) in [6, 6.07) is 0. The monoisotopic (exact) mass is 222 g/mol. The van der Waals surface area contributed by atoms with E-state index in [1.165, 1.54) is 38.5 Å². The molecule has 0 aliphatic heterocycles. The molecule has 92 valence electrons. The van der Waals surface area contributed by atoms with E-state index in [0.717, 1.165) is 19.3 Å². The Balaban J connectivity index is 2.52. The lowest BCUT2D eigenvalue weighted by Crippen LogP contribution is -2.24. The van der Waals surface area contributed by atoms with Gasteiger partial charge < -0.3 is 5.11 Å². The second-order valence-corrected chi connectivity index (χ2v) is 4.94. The highest BCUT2D eigenvalue weighted by atomic mass is 16.3. The molecule has 0 saturated carbocycles. The van der Waals surface area contributed by atoms with Crippen LogP contribution in [-0.2, 0) is 0 Å². The van der Waals surface area contributed by atoms with Crippen molar-refractivity contribution in [3.05, 3.63) is 24.3 Å². The quantitative estimate of drug-likeness (QED) is 0.653. The lowest BCUT2D eigenvalue weighted by atomic mass is 9.91. The Labute approximate surface area is 100 Å². The van der Waals surface area contributed by atoms with E-state index in [0.29, 0.717) is 0 Å². The number of hydrogen-bond donors (Lipinski definition) is 1. The zero-order chi connectivity index (χ0) is 11.7. The molecule has 0 aromatic rings. The molecule has 1 aliphatic rings. The Morgan fingerprint density at radius 2 is 1.69 bits per heavy atom. The number of allylic oxidation sites excluding steroid dienone is 2. The molecule has 1 rings (SSSR count). The topological polar surface area (TPSA) is 20.2 Å². The normalized spacial score (nSPS) is 31.9. The van der Waals surface area contributed by atoms with Crippen LogP contribution in [0.5, 0.6) is 0 Å². The van der Waals surface area contributed by atoms with Crippen LogP contribution in [0, 0.1) is 0 Å². The standard InChI is InChI=1S/C15H26O/c1-2-12-15(16)13-10-8-6-4-3-5-7-9-11-14-15/h2,8,10,12,16H,3-7,9,11,13-14H2,1H3/b10-8-,12-2+. The first kappa shape index (κ1) is 13.5. The minimum absolute atomic E-state index is 0.593. The van der Waals surface area contributed by atoms with Gasteiger partial charge in [-0.2, -0.15) is 0 Å². The van der Waals surface area contributed by atoms with Gasteiger partial charge in [-0.25, -0.2) is 0 Å². The Hall–Kier alpha value is -0.560. The molecule has 0 saturated heterocycles. The molecular formula is C15H26O. The first-order chi connectivity index (χ1) is 7.77. The number of aliphatic hydroxyl groups is 1. The van der Waals surface area contributed by atoms with Crippen LogP contribution in [0.4, 0.5) is 0 Å². The minimum atomic E-state index is -0.593. The lowest BCUT2D eigenvalue weighted by Gasteiger charge is -2.23. The third kappa shape index (κ3) is 5.50. The average molecular weight is 222 g/mol. The number of hydrogen-bond acceptors (Lipinski definition) is 1. The fraction of sp³-hybridized carbons (Fsp3) is 0.733. The van der Waals surface area contributed by atoms with Gasteiger partial charge in [0.05, 0.1) is 5.60 Å². The van der Waals surface area contributed by atoms with Crippen molar-refractivity contribution in [1.29, 1.82) is 0 Å². The number of rotatable bonds is 1. The molecule has 1 aliphatic carbocycles. The highest BCUT2D eigenvalue weighted by Gasteiger charge is 2.20. The van der Waals surface area contributed by atoms with Gasteiger partial charge in [-0.05, 0) is 32.6 Å². The van der Waals surface area contributed by atoms with Gasteiger partial charge in [0, 0.05) is 0 Å². The van der Waals surface area contributed by atoms with Crippen molar-refractivity contribution in [1.82, 2.24) is 0 Å². The van der Waals surface area contributed by atoms with Gasteiger partial charge in [0.25, 0.3) is 0 Å². The summed E-state index contributed by atoms with van der Waals surface area (Å²) >= 11 is 0. The third-order valence-corrected chi connectivity index (χ3v) is 3.35. The van der Waals surface area contributed by atoms with Crippen LogP contribution in [0.15, 0.2) is 24.3 Å². The fourth-order valence-electron chi connectivity index (χ4n) is 2.37. The second-order valence-electron chi connectivity index (χ2n) is 4.94. The largest absolute Gasteiger partial charge is 0.385 e. The van der Waals surface area contributed by atoms with Crippen molar-refractivity contribution in [2.45, 2.75) is 70.3 Å². The zero-order valence-corrected chi connectivity index (χ0v) is 10.6. The van der Waals surface area contributed by atoms with Crippen LogP contribution < -0.4 is 0 Å². The summed E-state index contributed by atoms with van der Waals surface area (Å²) in [6.07, 6.45) is 18.9. The maximum absolute atomic E-state index is 10.4. The molecule has 0 amide bonds. The molecule has 1 nitrogen and oxygen atoms in total. The Morgan fingerprint density at radius 3 is 2.44 bits per heavy atom. The lowest BCUT2D eigenvalue weighted by molar-refractivity contribution is 0.0812. The molecule has 0 spiro atoms. The Morgan fingerprint density at radius 1 is 1.00 bits per heavy atom. The first-order valence-electron chi connectivity index (χ1n) is 6.78. The van der Waals surface area contributed by atoms with Gasteiger partial charge in [-0.3, -0.25) is 0 Å². The molecule has 1 heteroatoms. The molecule has 1 N–H and O–H groups in total. The molecule has 1 atom stereocenters. The summed E-state index contributed by atoms with van der Waals surface area (Å²) in [5, 5.41) is 10.4. The van der Waals surface area contributed by atoms with E-state index < -0.39 is 5.60 Å². The van der Waals surface area contributed by atoms with E-state index in [2.05, 4.69) is 12.2 Å². The molecular weight excluding hydrogens is 196 g/mol. The first-order valence-corrected chi connectivity index (χ1v) is 6.78. The summed E-state index contributed by atoms with van der Waals surface area (Å²) < 4.78 is 0. The van der Waals surface area contributed by atoms with Crippen molar-refractivity contribution >= 4 is 0 Å². The van der Waals surface area contributed by atoms with Crippen LogP contribution >= 0.6 is 0 Å². The molecule has 0 bridgehead atoms. The van der Waals surface area contributed by atoms with Gasteiger partial charge in [-0.15, -0.1) is 0 Å². The van der Waals surface area contributed by atoms with Crippen LogP contribution in [0.25, 0.3) is 0 Å². The smallest absolute Gasteiger partial charge is 0.0861 e. The summed E-state index contributed by atoms with van der Waals surface area (Å²) in [5.41, 5.74) is -0.593. The van der Waals surface area contributed by atoms with Crippen molar-refractivity contribution in [3.63, 3.8) is 0 Å². The molecule has 1 unspecified atom stereocenters. The third-order valence-electron chi connectivity index (χ3n) is 3.35. The highest BCUT2D eigenvalue weighted by Crippen LogP contribution is 2.23. The Bertz CT molecular complexity index is 230. The predicted octanol–water partition coefficient (Wildman–Crippen LogP) is 4.37. The van der Waals surface area contributed by atoms with Gasteiger partial charge in [0.1, 0.15) is 0 Å². The molecule has 0 aromatic heterocycles. The molecule has 0 fully saturated rings. The second kappa shape index (κ2) is 7.67. The van der Waals surface area contributed by atoms with Gasteiger partial charge in [-0.1, -0.05) is 56.4 Å². The summed E-state index contributed by atoms with van der Waals surface area (Å²) in [4.78, 5) is 0. The fourth-order valence-corrected chi connectivity index (χ4v) is 2.37. The van der Waals surface area contributed by atoms with Crippen LogP contribution in [0.2, 0.25) is 0 Å². The molecule has 16 heavy (non-hydrogen) atoms. The van der Waals surface area contributed by atoms with E-state index in [1.807, 2.05) is 19.1 Å². The SMILES string of the molecule is C/C=C/C1(O)C/C=C\CCCCCCCC1. The van der Waals surface area contributed by atoms with E-state index in [9.17, 15) is 5.11 Å². The highest BCUT2D eigenvalue weighted by molar-refractivity contribution is 5.04. The minimum Gasteiger partial charge on any atom is -0.385 e. The van der Waals surface area contributed by atoms with Crippen molar-refractivity contribution in [2.24, 2.45) is 0 Å². The van der Waals surface area contributed by atoms with Crippen molar-refractivity contribution < 1.29 is 5.11 Å². The van der Waals surface area contributed by atoms with Crippen LogP contribution in [0.3, 0.4) is 0 Å². The van der Waals surface area contributed by atoms with E-state index in [1.54, 1.807) is 0 Å². The average Bonchev–Trinajstić information content (AvgIpc) is 2.24. The Kier molecular flexibility index (Phi) is 6.47. The van der Waals surface area contributed by atoms with Crippen LogP contribution in [-0.4, -0.2) is 10.7 Å².